The van der Waals surface area contributed by atoms with E-state index in [4.69, 9.17) is 10.5 Å². The van der Waals surface area contributed by atoms with Crippen molar-refractivity contribution in [3.8, 4) is 5.75 Å². The van der Waals surface area contributed by atoms with E-state index in [0.717, 1.165) is 5.56 Å². The molecule has 0 spiro atoms. The average molecular weight is 231 g/mol. The number of benzene rings is 2. The van der Waals surface area contributed by atoms with Gasteiger partial charge < -0.3 is 10.5 Å². The molecule has 2 aromatic rings. The predicted octanol–water partition coefficient (Wildman–Crippen LogP) is 2.88. The van der Waals surface area contributed by atoms with Crippen LogP contribution in [0.5, 0.6) is 5.75 Å². The number of ether oxygens (including phenoxy) is 1. The van der Waals surface area contributed by atoms with Gasteiger partial charge in [-0.05, 0) is 23.3 Å². The highest BCUT2D eigenvalue weighted by Gasteiger charge is 2.11. The van der Waals surface area contributed by atoms with Gasteiger partial charge in [-0.3, -0.25) is 0 Å². The first-order valence-corrected chi connectivity index (χ1v) is 5.35. The van der Waals surface area contributed by atoms with E-state index in [1.807, 2.05) is 30.3 Å². The van der Waals surface area contributed by atoms with Crippen molar-refractivity contribution in [2.75, 3.05) is 7.11 Å². The molecule has 0 saturated heterocycles. The van der Waals surface area contributed by atoms with Gasteiger partial charge in [0.2, 0.25) is 0 Å². The van der Waals surface area contributed by atoms with E-state index in [1.165, 1.54) is 19.2 Å². The maximum absolute atomic E-state index is 13.4. The molecule has 17 heavy (non-hydrogen) atoms. The summed E-state index contributed by atoms with van der Waals surface area (Å²) in [5.74, 6) is 0.136. The summed E-state index contributed by atoms with van der Waals surface area (Å²) in [6.07, 6.45) is 0. The Morgan fingerprint density at radius 1 is 1.06 bits per heavy atom. The van der Waals surface area contributed by atoms with Crippen molar-refractivity contribution < 1.29 is 9.13 Å². The summed E-state index contributed by atoms with van der Waals surface area (Å²) in [7, 11) is 1.51. The summed E-state index contributed by atoms with van der Waals surface area (Å²) in [6.45, 7) is 0. The smallest absolute Gasteiger partial charge is 0.127 e. The van der Waals surface area contributed by atoms with E-state index in [2.05, 4.69) is 0 Å². The van der Waals surface area contributed by atoms with Crippen molar-refractivity contribution in [1.82, 2.24) is 0 Å². The first kappa shape index (κ1) is 11.6. The zero-order valence-corrected chi connectivity index (χ0v) is 9.56. The summed E-state index contributed by atoms with van der Waals surface area (Å²) < 4.78 is 18.4. The van der Waals surface area contributed by atoms with E-state index >= 15 is 0 Å². The minimum atomic E-state index is -0.346. The standard InChI is InChI=1S/C14H14FNO/c1-17-13-8-11(7-12(15)9-13)14(16)10-5-3-2-4-6-10/h2-9,14H,16H2,1H3. The molecule has 0 saturated carbocycles. The van der Waals surface area contributed by atoms with Gasteiger partial charge in [-0.25, -0.2) is 4.39 Å². The van der Waals surface area contributed by atoms with Gasteiger partial charge in [-0.15, -0.1) is 0 Å². The van der Waals surface area contributed by atoms with Crippen molar-refractivity contribution in [2.24, 2.45) is 5.73 Å². The lowest BCUT2D eigenvalue weighted by atomic mass is 9.99. The van der Waals surface area contributed by atoms with Crippen LogP contribution >= 0.6 is 0 Å². The Bertz CT molecular complexity index is 499. The molecule has 0 aliphatic heterocycles. The van der Waals surface area contributed by atoms with Crippen LogP contribution < -0.4 is 10.5 Å². The molecule has 1 unspecified atom stereocenters. The Hall–Kier alpha value is -1.87. The third-order valence-electron chi connectivity index (χ3n) is 2.65. The summed E-state index contributed by atoms with van der Waals surface area (Å²) >= 11 is 0. The second-order valence-electron chi connectivity index (χ2n) is 3.81. The molecule has 0 amide bonds. The topological polar surface area (TPSA) is 35.2 Å². The van der Waals surface area contributed by atoms with Gasteiger partial charge in [0.15, 0.2) is 0 Å². The Labute approximate surface area is 99.8 Å². The largest absolute Gasteiger partial charge is 0.497 e. The third-order valence-corrected chi connectivity index (χ3v) is 2.65. The van der Waals surface area contributed by atoms with Crippen LogP contribution in [-0.2, 0) is 0 Å². The van der Waals surface area contributed by atoms with Gasteiger partial charge in [-0.2, -0.15) is 0 Å². The lowest BCUT2D eigenvalue weighted by Gasteiger charge is -2.13. The molecule has 0 fully saturated rings. The molecule has 3 heteroatoms. The molecule has 0 aliphatic carbocycles. The number of halogens is 1. The van der Waals surface area contributed by atoms with Crippen LogP contribution in [0.2, 0.25) is 0 Å². The molecule has 0 radical (unpaired) electrons. The second kappa shape index (κ2) is 4.97. The molecule has 88 valence electrons. The number of hydrogen-bond donors (Lipinski definition) is 1. The van der Waals surface area contributed by atoms with Gasteiger partial charge in [0.05, 0.1) is 13.2 Å². The molecule has 0 aromatic heterocycles. The molecular weight excluding hydrogens is 217 g/mol. The van der Waals surface area contributed by atoms with Crippen molar-refractivity contribution >= 4 is 0 Å². The molecule has 0 aliphatic rings. The zero-order chi connectivity index (χ0) is 12.3. The van der Waals surface area contributed by atoms with Gasteiger partial charge in [0, 0.05) is 6.07 Å². The highest BCUT2D eigenvalue weighted by Crippen LogP contribution is 2.24. The molecule has 0 heterocycles. The molecule has 1 atom stereocenters. The van der Waals surface area contributed by atoms with E-state index in [1.54, 1.807) is 6.07 Å². The average Bonchev–Trinajstić information content (AvgIpc) is 2.38. The highest BCUT2D eigenvalue weighted by molar-refractivity contribution is 5.36. The van der Waals surface area contributed by atoms with Crippen LogP contribution in [-0.4, -0.2) is 7.11 Å². The zero-order valence-electron chi connectivity index (χ0n) is 9.56. The van der Waals surface area contributed by atoms with Gasteiger partial charge in [0.1, 0.15) is 11.6 Å². The lowest BCUT2D eigenvalue weighted by Crippen LogP contribution is -2.12. The molecule has 2 nitrogen and oxygen atoms in total. The summed E-state index contributed by atoms with van der Waals surface area (Å²) in [5, 5.41) is 0. The minimum absolute atomic E-state index is 0.342. The maximum atomic E-state index is 13.4. The van der Waals surface area contributed by atoms with Crippen LogP contribution in [0, 0.1) is 5.82 Å². The van der Waals surface area contributed by atoms with Crippen LogP contribution in [0.3, 0.4) is 0 Å². The van der Waals surface area contributed by atoms with Crippen LogP contribution in [0.1, 0.15) is 17.2 Å². The third kappa shape index (κ3) is 2.63. The van der Waals surface area contributed by atoms with Gasteiger partial charge in [-0.1, -0.05) is 30.3 Å². The molecule has 0 bridgehead atoms. The van der Waals surface area contributed by atoms with E-state index < -0.39 is 0 Å². The lowest BCUT2D eigenvalue weighted by molar-refractivity contribution is 0.410. The van der Waals surface area contributed by atoms with Crippen molar-refractivity contribution in [3.63, 3.8) is 0 Å². The molecule has 2 N–H and O–H groups in total. The Kier molecular flexibility index (Phi) is 3.40. The molecular formula is C14H14FNO. The summed E-state index contributed by atoms with van der Waals surface area (Å²) in [4.78, 5) is 0. The second-order valence-corrected chi connectivity index (χ2v) is 3.81. The monoisotopic (exact) mass is 231 g/mol. The Morgan fingerprint density at radius 3 is 2.41 bits per heavy atom. The van der Waals surface area contributed by atoms with Crippen molar-refractivity contribution in [1.29, 1.82) is 0 Å². The summed E-state index contributed by atoms with van der Waals surface area (Å²) in [5.41, 5.74) is 7.73. The Balaban J connectivity index is 2.37. The van der Waals surface area contributed by atoms with Crippen molar-refractivity contribution in [3.05, 3.63) is 65.5 Å². The fourth-order valence-electron chi connectivity index (χ4n) is 1.73. The van der Waals surface area contributed by atoms with Gasteiger partial charge in [0.25, 0.3) is 0 Å². The van der Waals surface area contributed by atoms with E-state index in [9.17, 15) is 4.39 Å². The minimum Gasteiger partial charge on any atom is -0.497 e. The van der Waals surface area contributed by atoms with Crippen LogP contribution in [0.4, 0.5) is 4.39 Å². The quantitative estimate of drug-likeness (QED) is 0.881. The van der Waals surface area contributed by atoms with Crippen molar-refractivity contribution in [2.45, 2.75) is 6.04 Å². The predicted molar refractivity (Wildman–Crippen MR) is 65.4 cm³/mol. The fourth-order valence-corrected chi connectivity index (χ4v) is 1.73. The number of nitrogens with two attached hydrogens (primary N) is 1. The first-order chi connectivity index (χ1) is 8.20. The fraction of sp³-hybridized carbons (Fsp3) is 0.143. The van der Waals surface area contributed by atoms with E-state index in [0.29, 0.717) is 11.3 Å². The van der Waals surface area contributed by atoms with E-state index in [-0.39, 0.29) is 11.9 Å². The highest BCUT2D eigenvalue weighted by atomic mass is 19.1. The normalized spacial score (nSPS) is 12.2. The molecule has 2 rings (SSSR count). The summed E-state index contributed by atoms with van der Waals surface area (Å²) in [6, 6.07) is 13.7. The van der Waals surface area contributed by atoms with Crippen LogP contribution in [0.15, 0.2) is 48.5 Å². The number of methoxy groups -OCH3 is 1. The number of hydrogen-bond acceptors (Lipinski definition) is 2. The van der Waals surface area contributed by atoms with Gasteiger partial charge >= 0.3 is 0 Å². The van der Waals surface area contributed by atoms with Crippen LogP contribution in [0.25, 0.3) is 0 Å². The molecule has 2 aromatic carbocycles. The maximum Gasteiger partial charge on any atom is 0.127 e. The Morgan fingerprint density at radius 2 is 1.76 bits per heavy atom. The first-order valence-electron chi connectivity index (χ1n) is 5.35. The SMILES string of the molecule is COc1cc(F)cc(C(N)c2ccccc2)c1. The number of rotatable bonds is 3.